The lowest BCUT2D eigenvalue weighted by molar-refractivity contribution is 0.00915. The normalized spacial score (nSPS) is 19.0. The Kier molecular flexibility index (Phi) is 4.24. The molecule has 1 saturated heterocycles. The predicted octanol–water partition coefficient (Wildman–Crippen LogP) is 2.32. The average Bonchev–Trinajstić information content (AvgIpc) is 3.25. The van der Waals surface area contributed by atoms with E-state index in [1.54, 1.807) is 7.11 Å². The summed E-state index contributed by atoms with van der Waals surface area (Å²) in [7, 11) is 1.72. The van der Waals surface area contributed by atoms with Crippen molar-refractivity contribution in [2.45, 2.75) is 31.1 Å². The Morgan fingerprint density at radius 2 is 2.17 bits per heavy atom. The van der Waals surface area contributed by atoms with Gasteiger partial charge in [0.2, 0.25) is 5.89 Å². The van der Waals surface area contributed by atoms with Gasteiger partial charge in [-0.1, -0.05) is 17.3 Å². The molecule has 0 aliphatic carbocycles. The van der Waals surface area contributed by atoms with Gasteiger partial charge in [0, 0.05) is 32.6 Å². The minimum absolute atomic E-state index is 0.186. The number of methoxy groups -OCH3 is 1. The highest BCUT2D eigenvalue weighted by molar-refractivity contribution is 5.57. The Bertz CT molecular complexity index is 702. The Morgan fingerprint density at radius 1 is 1.29 bits per heavy atom. The Hall–Kier alpha value is -1.92. The number of hydrogen-bond acceptors (Lipinski definition) is 6. The van der Waals surface area contributed by atoms with Crippen LogP contribution in [0.2, 0.25) is 0 Å². The summed E-state index contributed by atoms with van der Waals surface area (Å²) in [5, 5.41) is 7.67. The van der Waals surface area contributed by atoms with Crippen molar-refractivity contribution in [3.63, 3.8) is 0 Å². The van der Waals surface area contributed by atoms with Gasteiger partial charge in [0.15, 0.2) is 5.82 Å². The number of aromatic nitrogens is 2. The van der Waals surface area contributed by atoms with Crippen LogP contribution in [-0.4, -0.2) is 43.6 Å². The first kappa shape index (κ1) is 15.6. The number of rotatable bonds is 5. The smallest absolute Gasteiger partial charge is 0.231 e. The molecule has 0 radical (unpaired) electrons. The number of ether oxygens (including phenoxy) is 2. The molecule has 2 aliphatic rings. The second-order valence-electron chi connectivity index (χ2n) is 6.68. The molecule has 6 nitrogen and oxygen atoms in total. The molecule has 128 valence electrons. The molecule has 0 saturated carbocycles. The van der Waals surface area contributed by atoms with E-state index in [-0.39, 0.29) is 5.41 Å². The van der Waals surface area contributed by atoms with Crippen molar-refractivity contribution in [2.24, 2.45) is 0 Å². The summed E-state index contributed by atoms with van der Waals surface area (Å²) >= 11 is 0. The number of benzene rings is 1. The van der Waals surface area contributed by atoms with Gasteiger partial charge in [0.05, 0.1) is 18.4 Å². The minimum atomic E-state index is -0.186. The monoisotopic (exact) mass is 329 g/mol. The molecule has 1 aromatic carbocycles. The van der Waals surface area contributed by atoms with Crippen molar-refractivity contribution < 1.29 is 14.0 Å². The summed E-state index contributed by atoms with van der Waals surface area (Å²) in [5.74, 6) is 1.41. The highest BCUT2D eigenvalue weighted by Gasteiger charge is 2.39. The van der Waals surface area contributed by atoms with Crippen LogP contribution < -0.4 is 5.32 Å². The van der Waals surface area contributed by atoms with E-state index in [2.05, 4.69) is 33.7 Å². The van der Waals surface area contributed by atoms with Crippen LogP contribution in [0.5, 0.6) is 0 Å². The van der Waals surface area contributed by atoms with Gasteiger partial charge < -0.3 is 19.3 Å². The number of anilines is 1. The fourth-order valence-corrected chi connectivity index (χ4v) is 3.64. The van der Waals surface area contributed by atoms with E-state index in [0.717, 1.165) is 31.6 Å². The molecular weight excluding hydrogens is 306 g/mol. The van der Waals surface area contributed by atoms with Gasteiger partial charge in [-0.2, -0.15) is 4.98 Å². The van der Waals surface area contributed by atoms with Crippen LogP contribution >= 0.6 is 0 Å². The van der Waals surface area contributed by atoms with Crippen LogP contribution in [0.15, 0.2) is 22.7 Å². The van der Waals surface area contributed by atoms with E-state index in [1.807, 2.05) is 0 Å². The first-order chi connectivity index (χ1) is 11.8. The molecule has 0 amide bonds. The standard InChI is InChI=1S/C18H23N3O3/c1-22-12-18(5-8-23-9-6-18)17-20-16(24-21-17)11-13-2-3-14-4-7-19-15(14)10-13/h2-3,10,19H,4-9,11-12H2,1H3. The summed E-state index contributed by atoms with van der Waals surface area (Å²) in [4.78, 5) is 4.68. The third-order valence-electron chi connectivity index (χ3n) is 5.05. The van der Waals surface area contributed by atoms with Crippen molar-refractivity contribution >= 4 is 5.69 Å². The summed E-state index contributed by atoms with van der Waals surface area (Å²) in [5.41, 5.74) is 3.61. The van der Waals surface area contributed by atoms with E-state index < -0.39 is 0 Å². The maximum atomic E-state index is 5.53. The van der Waals surface area contributed by atoms with Crippen LogP contribution in [-0.2, 0) is 27.7 Å². The molecule has 6 heteroatoms. The molecule has 0 spiro atoms. The van der Waals surface area contributed by atoms with Gasteiger partial charge >= 0.3 is 0 Å². The molecular formula is C18H23N3O3. The molecule has 0 bridgehead atoms. The van der Waals surface area contributed by atoms with E-state index >= 15 is 0 Å². The Morgan fingerprint density at radius 3 is 3.00 bits per heavy atom. The van der Waals surface area contributed by atoms with Crippen LogP contribution in [0.3, 0.4) is 0 Å². The van der Waals surface area contributed by atoms with Crippen LogP contribution in [0, 0.1) is 0 Å². The number of nitrogens with one attached hydrogen (secondary N) is 1. The SMILES string of the molecule is COCC1(c2noc(Cc3ccc4c(c3)NCC4)n2)CCOCC1. The third kappa shape index (κ3) is 2.91. The zero-order chi connectivity index (χ0) is 16.4. The fourth-order valence-electron chi connectivity index (χ4n) is 3.64. The second kappa shape index (κ2) is 6.53. The van der Waals surface area contributed by atoms with Gasteiger partial charge in [0.1, 0.15) is 0 Å². The van der Waals surface area contributed by atoms with Gasteiger partial charge in [-0.25, -0.2) is 0 Å². The third-order valence-corrected chi connectivity index (χ3v) is 5.05. The van der Waals surface area contributed by atoms with Crippen molar-refractivity contribution in [1.29, 1.82) is 0 Å². The lowest BCUT2D eigenvalue weighted by Gasteiger charge is -2.33. The minimum Gasteiger partial charge on any atom is -0.384 e. The van der Waals surface area contributed by atoms with Gasteiger partial charge in [-0.15, -0.1) is 0 Å². The largest absolute Gasteiger partial charge is 0.384 e. The van der Waals surface area contributed by atoms with Crippen molar-refractivity contribution in [2.75, 3.05) is 38.8 Å². The first-order valence-corrected chi connectivity index (χ1v) is 8.54. The number of hydrogen-bond donors (Lipinski definition) is 1. The highest BCUT2D eigenvalue weighted by atomic mass is 16.5. The summed E-state index contributed by atoms with van der Waals surface area (Å²) in [6.07, 6.45) is 3.48. The van der Waals surface area contributed by atoms with Crippen molar-refractivity contribution in [3.8, 4) is 0 Å². The lowest BCUT2D eigenvalue weighted by atomic mass is 9.80. The first-order valence-electron chi connectivity index (χ1n) is 8.54. The molecule has 3 heterocycles. The number of nitrogens with zero attached hydrogens (tertiary/aromatic N) is 2. The highest BCUT2D eigenvalue weighted by Crippen LogP contribution is 2.33. The van der Waals surface area contributed by atoms with Gasteiger partial charge in [0.25, 0.3) is 0 Å². The zero-order valence-electron chi connectivity index (χ0n) is 14.0. The van der Waals surface area contributed by atoms with E-state index in [0.29, 0.717) is 32.1 Å². The molecule has 2 aliphatic heterocycles. The molecule has 1 N–H and O–H groups in total. The Balaban J connectivity index is 1.53. The summed E-state index contributed by atoms with van der Waals surface area (Å²) in [6, 6.07) is 6.52. The van der Waals surface area contributed by atoms with Crippen LogP contribution in [0.25, 0.3) is 0 Å². The number of fused-ring (bicyclic) bond motifs is 1. The summed E-state index contributed by atoms with van der Waals surface area (Å²) in [6.45, 7) is 3.04. The average molecular weight is 329 g/mol. The van der Waals surface area contributed by atoms with E-state index in [4.69, 9.17) is 14.0 Å². The molecule has 4 rings (SSSR count). The van der Waals surface area contributed by atoms with E-state index in [9.17, 15) is 0 Å². The van der Waals surface area contributed by atoms with Crippen LogP contribution in [0.4, 0.5) is 5.69 Å². The quantitative estimate of drug-likeness (QED) is 0.908. The van der Waals surface area contributed by atoms with E-state index in [1.165, 1.54) is 16.8 Å². The lowest BCUT2D eigenvalue weighted by Crippen LogP contribution is -2.39. The van der Waals surface area contributed by atoms with Gasteiger partial charge in [-0.3, -0.25) is 0 Å². The zero-order valence-corrected chi connectivity index (χ0v) is 14.0. The molecule has 1 aromatic heterocycles. The maximum absolute atomic E-state index is 5.53. The van der Waals surface area contributed by atoms with Gasteiger partial charge in [-0.05, 0) is 36.5 Å². The predicted molar refractivity (Wildman–Crippen MR) is 89.3 cm³/mol. The molecule has 0 unspecified atom stereocenters. The second-order valence-corrected chi connectivity index (χ2v) is 6.68. The van der Waals surface area contributed by atoms with Crippen molar-refractivity contribution in [3.05, 3.63) is 41.0 Å². The maximum Gasteiger partial charge on any atom is 0.231 e. The molecule has 0 atom stereocenters. The van der Waals surface area contributed by atoms with Crippen LogP contribution in [0.1, 0.15) is 35.7 Å². The molecule has 1 fully saturated rings. The molecule has 24 heavy (non-hydrogen) atoms. The summed E-state index contributed by atoms with van der Waals surface area (Å²) < 4.78 is 16.5. The fraction of sp³-hybridized carbons (Fsp3) is 0.556. The Labute approximate surface area is 141 Å². The topological polar surface area (TPSA) is 69.4 Å². The van der Waals surface area contributed by atoms with Crippen molar-refractivity contribution in [1.82, 2.24) is 10.1 Å². The molecule has 2 aromatic rings.